The Kier molecular flexibility index (Phi) is 6.33. The van der Waals surface area contributed by atoms with Crippen LogP contribution in [0.25, 0.3) is 33.1 Å². The molecule has 0 bridgehead atoms. The van der Waals surface area contributed by atoms with Gasteiger partial charge in [-0.1, -0.05) is 53.6 Å². The molecule has 0 aliphatic rings. The van der Waals surface area contributed by atoms with Gasteiger partial charge in [-0.2, -0.15) is 5.10 Å². The van der Waals surface area contributed by atoms with Gasteiger partial charge in [-0.25, -0.2) is 10.4 Å². The van der Waals surface area contributed by atoms with E-state index in [0.717, 1.165) is 45.2 Å². The normalized spacial score (nSPS) is 11.6. The monoisotopic (exact) mass is 494 g/mol. The molecule has 2 aromatic heterocycles. The molecule has 1 amide bonds. The number of rotatable bonds is 5. The highest BCUT2D eigenvalue weighted by molar-refractivity contribution is 6.30. The molecule has 0 saturated heterocycles. The highest BCUT2D eigenvalue weighted by Gasteiger charge is 2.16. The molecule has 5 rings (SSSR count). The van der Waals surface area contributed by atoms with Gasteiger partial charge in [0.2, 0.25) is 0 Å². The van der Waals surface area contributed by atoms with Crippen LogP contribution in [0.1, 0.15) is 39.7 Å². The van der Waals surface area contributed by atoms with E-state index in [1.54, 1.807) is 6.21 Å². The Bertz CT molecular complexity index is 1650. The summed E-state index contributed by atoms with van der Waals surface area (Å²) in [6.07, 6.45) is 1.75. The van der Waals surface area contributed by atoms with E-state index in [0.29, 0.717) is 16.3 Å². The Morgan fingerprint density at radius 3 is 2.56 bits per heavy atom. The number of amides is 1. The molecule has 6 heteroatoms. The maximum Gasteiger partial charge on any atom is 0.272 e. The van der Waals surface area contributed by atoms with Crippen LogP contribution in [0.4, 0.5) is 0 Å². The topological polar surface area (TPSA) is 59.3 Å². The van der Waals surface area contributed by atoms with E-state index in [1.807, 2.05) is 55.5 Å². The molecule has 0 unspecified atom stereocenters. The fourth-order valence-corrected chi connectivity index (χ4v) is 4.94. The lowest BCUT2D eigenvalue weighted by atomic mass is 10.0. The molecule has 180 valence electrons. The quantitative estimate of drug-likeness (QED) is 0.207. The van der Waals surface area contributed by atoms with E-state index >= 15 is 0 Å². The van der Waals surface area contributed by atoms with Gasteiger partial charge in [-0.15, -0.1) is 0 Å². The molecular weight excluding hydrogens is 468 g/mol. The van der Waals surface area contributed by atoms with Crippen molar-refractivity contribution < 1.29 is 4.79 Å². The van der Waals surface area contributed by atoms with E-state index < -0.39 is 0 Å². The van der Waals surface area contributed by atoms with Crippen molar-refractivity contribution in [2.45, 2.75) is 34.2 Å². The number of nitrogens with one attached hydrogen (secondary N) is 1. The summed E-state index contributed by atoms with van der Waals surface area (Å²) in [5.41, 5.74) is 11.2. The number of hydrogen-bond acceptors (Lipinski definition) is 3. The van der Waals surface area contributed by atoms with Crippen LogP contribution in [0.5, 0.6) is 0 Å². The summed E-state index contributed by atoms with van der Waals surface area (Å²) in [4.78, 5) is 18.2. The molecule has 0 radical (unpaired) electrons. The van der Waals surface area contributed by atoms with E-state index in [4.69, 9.17) is 16.6 Å². The van der Waals surface area contributed by atoms with E-state index in [1.165, 1.54) is 11.1 Å². The first kappa shape index (κ1) is 23.8. The lowest BCUT2D eigenvalue weighted by Crippen LogP contribution is -2.18. The average Bonchev–Trinajstić information content (AvgIpc) is 3.15. The van der Waals surface area contributed by atoms with Crippen LogP contribution in [0.15, 0.2) is 71.8 Å². The summed E-state index contributed by atoms with van der Waals surface area (Å²) in [7, 11) is 0. The molecule has 5 aromatic rings. The zero-order valence-corrected chi connectivity index (χ0v) is 21.5. The van der Waals surface area contributed by atoms with Gasteiger partial charge in [0.1, 0.15) is 0 Å². The summed E-state index contributed by atoms with van der Waals surface area (Å²) in [5.74, 6) is -0.285. The zero-order valence-electron chi connectivity index (χ0n) is 20.8. The van der Waals surface area contributed by atoms with Crippen molar-refractivity contribution in [2.75, 3.05) is 0 Å². The predicted molar refractivity (Wildman–Crippen MR) is 149 cm³/mol. The number of para-hydroxylation sites is 1. The number of fused-ring (bicyclic) bond motifs is 2. The van der Waals surface area contributed by atoms with E-state index in [2.05, 4.69) is 54.1 Å². The molecule has 0 aliphatic carbocycles. The number of hydrogen-bond donors (Lipinski definition) is 1. The minimum absolute atomic E-state index is 0.285. The van der Waals surface area contributed by atoms with Crippen LogP contribution in [-0.4, -0.2) is 21.7 Å². The maximum atomic E-state index is 13.4. The Morgan fingerprint density at radius 1 is 1.03 bits per heavy atom. The summed E-state index contributed by atoms with van der Waals surface area (Å²) in [6.45, 7) is 9.20. The third-order valence-corrected chi connectivity index (χ3v) is 6.87. The summed E-state index contributed by atoms with van der Waals surface area (Å²) in [5, 5.41) is 6.94. The van der Waals surface area contributed by atoms with Gasteiger partial charge < -0.3 is 4.57 Å². The lowest BCUT2D eigenvalue weighted by Gasteiger charge is -2.10. The van der Waals surface area contributed by atoms with Gasteiger partial charge in [0.05, 0.1) is 28.5 Å². The number of benzene rings is 3. The summed E-state index contributed by atoms with van der Waals surface area (Å²) in [6, 6.07) is 21.4. The molecule has 0 saturated carbocycles. The number of carbonyl (C=O) groups excluding carboxylic acids is 1. The predicted octanol–water partition coefficient (Wildman–Crippen LogP) is 7.22. The third kappa shape index (κ3) is 4.27. The van der Waals surface area contributed by atoms with Crippen molar-refractivity contribution in [1.82, 2.24) is 15.0 Å². The van der Waals surface area contributed by atoms with Crippen molar-refractivity contribution in [3.8, 4) is 11.3 Å². The minimum Gasteiger partial charge on any atom is -0.344 e. The standard InChI is InChI=1S/C30H27ClN4O/c1-5-35-20(4)26(23-8-6-7-19(3)29(23)35)17-32-34-30(36)25-16-28(21-10-12-22(31)13-11-21)33-27-14-9-18(2)15-24(25)27/h6-17H,5H2,1-4H3,(H,34,36)/b32-17+. The molecule has 2 heterocycles. The average molecular weight is 495 g/mol. The Balaban J connectivity index is 1.53. The van der Waals surface area contributed by atoms with Crippen molar-refractivity contribution in [1.29, 1.82) is 0 Å². The number of nitrogens with zero attached hydrogens (tertiary/aromatic N) is 3. The van der Waals surface area contributed by atoms with Crippen LogP contribution in [0.3, 0.4) is 0 Å². The van der Waals surface area contributed by atoms with Crippen LogP contribution in [0.2, 0.25) is 5.02 Å². The molecule has 0 spiro atoms. The van der Waals surface area contributed by atoms with Crippen LogP contribution < -0.4 is 5.43 Å². The number of aryl methyl sites for hydroxylation is 3. The highest BCUT2D eigenvalue weighted by Crippen LogP contribution is 2.28. The van der Waals surface area contributed by atoms with E-state index in [9.17, 15) is 4.79 Å². The number of aromatic nitrogens is 2. The largest absolute Gasteiger partial charge is 0.344 e. The van der Waals surface area contributed by atoms with Gasteiger partial charge in [0, 0.05) is 39.2 Å². The Labute approximate surface area is 215 Å². The SMILES string of the molecule is CCn1c(C)c(/C=N/NC(=O)c2cc(-c3ccc(Cl)cc3)nc3ccc(C)cc23)c2cccc(C)c21. The summed E-state index contributed by atoms with van der Waals surface area (Å²) >= 11 is 6.07. The van der Waals surface area contributed by atoms with Crippen molar-refractivity contribution in [2.24, 2.45) is 5.10 Å². The highest BCUT2D eigenvalue weighted by atomic mass is 35.5. The number of halogens is 1. The molecule has 0 aliphatic heterocycles. The van der Waals surface area contributed by atoms with Crippen molar-refractivity contribution >= 4 is 45.5 Å². The third-order valence-electron chi connectivity index (χ3n) is 6.62. The van der Waals surface area contributed by atoms with Gasteiger partial charge in [-0.05, 0) is 63.6 Å². The number of hydrazone groups is 1. The van der Waals surface area contributed by atoms with Gasteiger partial charge in [0.25, 0.3) is 5.91 Å². The second-order valence-electron chi connectivity index (χ2n) is 9.00. The van der Waals surface area contributed by atoms with Gasteiger partial charge in [-0.3, -0.25) is 4.79 Å². The van der Waals surface area contributed by atoms with E-state index in [-0.39, 0.29) is 5.91 Å². The molecular formula is C30H27ClN4O. The first-order valence-corrected chi connectivity index (χ1v) is 12.3. The van der Waals surface area contributed by atoms with Crippen molar-refractivity contribution in [3.05, 3.63) is 99.7 Å². The first-order chi connectivity index (χ1) is 17.4. The smallest absolute Gasteiger partial charge is 0.272 e. The van der Waals surface area contributed by atoms with Crippen LogP contribution >= 0.6 is 11.6 Å². The second-order valence-corrected chi connectivity index (χ2v) is 9.43. The molecule has 36 heavy (non-hydrogen) atoms. The molecule has 3 aromatic carbocycles. The maximum absolute atomic E-state index is 13.4. The Hall–Kier alpha value is -3.96. The summed E-state index contributed by atoms with van der Waals surface area (Å²) < 4.78 is 2.28. The van der Waals surface area contributed by atoms with Crippen molar-refractivity contribution in [3.63, 3.8) is 0 Å². The van der Waals surface area contributed by atoms with Gasteiger partial charge in [0.15, 0.2) is 0 Å². The number of carbonyl (C=O) groups is 1. The molecule has 0 fully saturated rings. The molecule has 1 N–H and O–H groups in total. The Morgan fingerprint density at radius 2 is 1.81 bits per heavy atom. The fraction of sp³-hybridized carbons (Fsp3) is 0.167. The molecule has 5 nitrogen and oxygen atoms in total. The minimum atomic E-state index is -0.285. The first-order valence-electron chi connectivity index (χ1n) is 12.0. The number of pyridine rings is 1. The second kappa shape index (κ2) is 9.59. The molecule has 0 atom stereocenters. The fourth-order valence-electron chi connectivity index (χ4n) is 4.81. The lowest BCUT2D eigenvalue weighted by molar-refractivity contribution is 0.0956. The van der Waals surface area contributed by atoms with Gasteiger partial charge >= 0.3 is 0 Å². The van der Waals surface area contributed by atoms with Crippen LogP contribution in [-0.2, 0) is 6.54 Å². The van der Waals surface area contributed by atoms with Crippen LogP contribution in [0, 0.1) is 20.8 Å². The zero-order chi connectivity index (χ0) is 25.4.